The summed E-state index contributed by atoms with van der Waals surface area (Å²) in [5, 5.41) is 3.26. The Hall–Kier alpha value is -2.70. The Morgan fingerprint density at radius 3 is 2.71 bits per heavy atom. The highest BCUT2D eigenvalue weighted by molar-refractivity contribution is 5.92. The smallest absolute Gasteiger partial charge is 0.287 e. The second kappa shape index (κ2) is 9.48. The van der Waals surface area contributed by atoms with Crippen molar-refractivity contribution in [1.82, 2.24) is 20.2 Å². The Labute approximate surface area is 164 Å². The van der Waals surface area contributed by atoms with Gasteiger partial charge in [0.2, 0.25) is 5.91 Å². The first-order chi connectivity index (χ1) is 13.6. The Morgan fingerprint density at radius 2 is 1.96 bits per heavy atom. The second-order valence-corrected chi connectivity index (χ2v) is 7.27. The molecule has 7 nitrogen and oxygen atoms in total. The minimum atomic E-state index is -0.408. The minimum absolute atomic E-state index is 0.0115. The van der Waals surface area contributed by atoms with Crippen LogP contribution in [0, 0.1) is 0 Å². The summed E-state index contributed by atoms with van der Waals surface area (Å²) in [5.41, 5.74) is 0.168. The first-order valence-electron chi connectivity index (χ1n) is 10.2. The molecule has 0 unspecified atom stereocenters. The Kier molecular flexibility index (Phi) is 6.79. The molecule has 1 saturated carbocycles. The van der Waals surface area contributed by atoms with Crippen LogP contribution in [0.4, 0.5) is 0 Å². The summed E-state index contributed by atoms with van der Waals surface area (Å²) in [7, 11) is 0. The molecule has 1 heterocycles. The molecule has 150 valence electrons. The number of hydrogen-bond donors (Lipinski definition) is 2. The predicted molar refractivity (Wildman–Crippen MR) is 108 cm³/mol. The van der Waals surface area contributed by atoms with Gasteiger partial charge in [0.25, 0.3) is 11.5 Å². The number of carbonyl (C=O) groups excluding carboxylic acids is 2. The van der Waals surface area contributed by atoms with Gasteiger partial charge >= 0.3 is 0 Å². The van der Waals surface area contributed by atoms with E-state index in [2.05, 4.69) is 15.3 Å². The van der Waals surface area contributed by atoms with Crippen LogP contribution in [0.25, 0.3) is 10.9 Å². The summed E-state index contributed by atoms with van der Waals surface area (Å²) in [6, 6.07) is 7.25. The second-order valence-electron chi connectivity index (χ2n) is 7.27. The molecule has 2 N–H and O–H groups in total. The number of rotatable bonds is 7. The fourth-order valence-corrected chi connectivity index (χ4v) is 3.84. The number of fused-ring (bicyclic) bond motifs is 1. The number of aromatic nitrogens is 2. The molecule has 2 amide bonds. The lowest BCUT2D eigenvalue weighted by Crippen LogP contribution is -2.42. The normalized spacial score (nSPS) is 14.8. The summed E-state index contributed by atoms with van der Waals surface area (Å²) < 4.78 is 0. The fraction of sp³-hybridized carbons (Fsp3) is 0.524. The van der Waals surface area contributed by atoms with E-state index in [1.54, 1.807) is 24.3 Å². The zero-order valence-corrected chi connectivity index (χ0v) is 16.4. The van der Waals surface area contributed by atoms with Crippen molar-refractivity contribution in [2.24, 2.45) is 0 Å². The number of H-pyrrole nitrogens is 1. The van der Waals surface area contributed by atoms with Gasteiger partial charge in [-0.25, -0.2) is 4.98 Å². The number of benzene rings is 1. The number of amides is 2. The molecule has 7 heteroatoms. The maximum atomic E-state index is 12.4. The van der Waals surface area contributed by atoms with Crippen molar-refractivity contribution in [3.05, 3.63) is 40.4 Å². The zero-order chi connectivity index (χ0) is 19.9. The van der Waals surface area contributed by atoms with Crippen molar-refractivity contribution < 1.29 is 9.59 Å². The zero-order valence-electron chi connectivity index (χ0n) is 16.4. The monoisotopic (exact) mass is 384 g/mol. The Bertz CT molecular complexity index is 887. The maximum absolute atomic E-state index is 12.4. The van der Waals surface area contributed by atoms with Crippen LogP contribution in [0.5, 0.6) is 0 Å². The summed E-state index contributed by atoms with van der Waals surface area (Å²) in [4.78, 5) is 45.5. The van der Waals surface area contributed by atoms with E-state index in [4.69, 9.17) is 0 Å². The van der Waals surface area contributed by atoms with E-state index in [0.717, 1.165) is 12.8 Å². The molecule has 0 radical (unpaired) electrons. The van der Waals surface area contributed by atoms with E-state index >= 15 is 0 Å². The third-order valence-electron chi connectivity index (χ3n) is 5.33. The van der Waals surface area contributed by atoms with Crippen LogP contribution in [-0.4, -0.2) is 45.8 Å². The van der Waals surface area contributed by atoms with Gasteiger partial charge in [-0.15, -0.1) is 0 Å². The summed E-state index contributed by atoms with van der Waals surface area (Å²) >= 11 is 0. The first kappa shape index (κ1) is 20.0. The molecule has 0 spiro atoms. The van der Waals surface area contributed by atoms with Crippen molar-refractivity contribution in [2.75, 3.05) is 13.1 Å². The highest BCUT2D eigenvalue weighted by Gasteiger charge is 2.24. The third kappa shape index (κ3) is 4.77. The van der Waals surface area contributed by atoms with Crippen LogP contribution in [0.1, 0.15) is 62.5 Å². The molecule has 28 heavy (non-hydrogen) atoms. The van der Waals surface area contributed by atoms with E-state index < -0.39 is 5.91 Å². The molecule has 1 aliphatic rings. The van der Waals surface area contributed by atoms with Crippen LogP contribution in [0.15, 0.2) is 29.1 Å². The molecule has 0 bridgehead atoms. The van der Waals surface area contributed by atoms with Crippen molar-refractivity contribution in [3.8, 4) is 0 Å². The topological polar surface area (TPSA) is 95.2 Å². The maximum Gasteiger partial charge on any atom is 0.287 e. The molecule has 1 fully saturated rings. The number of hydrogen-bond acceptors (Lipinski definition) is 4. The summed E-state index contributed by atoms with van der Waals surface area (Å²) in [6.45, 7) is 2.95. The minimum Gasteiger partial charge on any atom is -0.349 e. The summed E-state index contributed by atoms with van der Waals surface area (Å²) in [6.07, 6.45) is 6.92. The van der Waals surface area contributed by atoms with Gasteiger partial charge in [0.05, 0.1) is 10.9 Å². The van der Waals surface area contributed by atoms with Gasteiger partial charge in [0.1, 0.15) is 0 Å². The van der Waals surface area contributed by atoms with E-state index in [0.29, 0.717) is 42.9 Å². The van der Waals surface area contributed by atoms with E-state index in [1.807, 2.05) is 11.8 Å². The fourth-order valence-electron chi connectivity index (χ4n) is 3.84. The highest BCUT2D eigenvalue weighted by atomic mass is 16.2. The van der Waals surface area contributed by atoms with Crippen molar-refractivity contribution in [1.29, 1.82) is 0 Å². The Balaban J connectivity index is 1.55. The third-order valence-corrected chi connectivity index (χ3v) is 5.33. The van der Waals surface area contributed by atoms with Gasteiger partial charge in [-0.1, -0.05) is 38.3 Å². The standard InChI is InChI=1S/C21H28N4O3/c1-2-18(26)25(15-9-4-3-5-10-15)14-8-13-22-21(28)19-23-17-12-7-6-11-16(17)20(27)24-19/h6-7,11-12,15H,2-5,8-10,13-14H2,1H3,(H,22,28)(H,23,24,27). The SMILES string of the molecule is CCC(=O)N(CCCNC(=O)c1nc2ccccc2c(=O)[nH]1)C1CCCCC1. The van der Waals surface area contributed by atoms with Gasteiger partial charge in [-0.2, -0.15) is 0 Å². The molecule has 1 aliphatic carbocycles. The average Bonchev–Trinajstić information content (AvgIpc) is 2.73. The Morgan fingerprint density at radius 1 is 1.21 bits per heavy atom. The van der Waals surface area contributed by atoms with Gasteiger partial charge < -0.3 is 15.2 Å². The van der Waals surface area contributed by atoms with Gasteiger partial charge in [-0.05, 0) is 31.4 Å². The first-order valence-corrected chi connectivity index (χ1v) is 10.2. The van der Waals surface area contributed by atoms with E-state index in [1.165, 1.54) is 19.3 Å². The summed E-state index contributed by atoms with van der Waals surface area (Å²) in [5.74, 6) is -0.217. The molecule has 0 saturated heterocycles. The van der Waals surface area contributed by atoms with Crippen molar-refractivity contribution in [2.45, 2.75) is 57.9 Å². The quantitative estimate of drug-likeness (QED) is 0.718. The van der Waals surface area contributed by atoms with Crippen LogP contribution in [0.3, 0.4) is 0 Å². The molecular formula is C21H28N4O3. The van der Waals surface area contributed by atoms with Crippen LogP contribution < -0.4 is 10.9 Å². The average molecular weight is 384 g/mol. The van der Waals surface area contributed by atoms with Gasteiger partial charge in [0, 0.05) is 25.6 Å². The van der Waals surface area contributed by atoms with Crippen molar-refractivity contribution in [3.63, 3.8) is 0 Å². The molecule has 0 atom stereocenters. The molecule has 1 aromatic heterocycles. The molecule has 2 aromatic rings. The number of para-hydroxylation sites is 1. The van der Waals surface area contributed by atoms with Gasteiger partial charge in [-0.3, -0.25) is 14.4 Å². The van der Waals surface area contributed by atoms with E-state index in [9.17, 15) is 14.4 Å². The van der Waals surface area contributed by atoms with E-state index in [-0.39, 0.29) is 17.3 Å². The lowest BCUT2D eigenvalue weighted by Gasteiger charge is -2.34. The van der Waals surface area contributed by atoms with Crippen LogP contribution in [-0.2, 0) is 4.79 Å². The lowest BCUT2D eigenvalue weighted by atomic mass is 9.94. The molecule has 0 aliphatic heterocycles. The number of nitrogens with one attached hydrogen (secondary N) is 2. The molecule has 3 rings (SSSR count). The van der Waals surface area contributed by atoms with Gasteiger partial charge in [0.15, 0.2) is 5.82 Å². The highest BCUT2D eigenvalue weighted by Crippen LogP contribution is 2.23. The predicted octanol–water partition coefficient (Wildman–Crippen LogP) is 2.61. The molecular weight excluding hydrogens is 356 g/mol. The lowest BCUT2D eigenvalue weighted by molar-refractivity contribution is -0.133. The number of carbonyl (C=O) groups is 2. The molecule has 1 aromatic carbocycles. The van der Waals surface area contributed by atoms with Crippen LogP contribution >= 0.6 is 0 Å². The number of aromatic amines is 1. The number of nitrogens with zero attached hydrogens (tertiary/aromatic N) is 2. The van der Waals surface area contributed by atoms with Crippen molar-refractivity contribution >= 4 is 22.7 Å². The van der Waals surface area contributed by atoms with Crippen LogP contribution in [0.2, 0.25) is 0 Å². The largest absolute Gasteiger partial charge is 0.349 e.